The van der Waals surface area contributed by atoms with Gasteiger partial charge in [-0.3, -0.25) is 0 Å². The van der Waals surface area contributed by atoms with Crippen LogP contribution >= 0.6 is 11.6 Å². The first-order valence-corrected chi connectivity index (χ1v) is 7.81. The van der Waals surface area contributed by atoms with Gasteiger partial charge in [-0.25, -0.2) is 0 Å². The number of fused-ring (bicyclic) bond motifs is 1. The molecule has 114 valence electrons. The van der Waals surface area contributed by atoms with Gasteiger partial charge in [0.25, 0.3) is 0 Å². The molecule has 1 aromatic rings. The van der Waals surface area contributed by atoms with Crippen molar-refractivity contribution in [3.05, 3.63) is 41.6 Å². The highest BCUT2D eigenvalue weighted by Gasteiger charge is 2.08. The number of aryl methyl sites for hydroxylation is 2. The van der Waals surface area contributed by atoms with E-state index in [0.29, 0.717) is 0 Å². The van der Waals surface area contributed by atoms with Crippen molar-refractivity contribution in [2.75, 3.05) is 11.2 Å². The van der Waals surface area contributed by atoms with E-state index in [9.17, 15) is 0 Å². The molecule has 0 amide bonds. The lowest BCUT2D eigenvalue weighted by molar-refractivity contribution is 0.711. The van der Waals surface area contributed by atoms with Crippen molar-refractivity contribution in [3.63, 3.8) is 0 Å². The smallest absolute Gasteiger partial charge is 0.0384 e. The minimum Gasteiger partial charge on any atom is -0.360 e. The Hall–Kier alpha value is -0.950. The number of anilines is 1. The van der Waals surface area contributed by atoms with Crippen LogP contribution in [0.5, 0.6) is 0 Å². The van der Waals surface area contributed by atoms with E-state index in [2.05, 4.69) is 30.1 Å². The molecule has 0 bridgehead atoms. The van der Waals surface area contributed by atoms with Gasteiger partial charge >= 0.3 is 0 Å². The van der Waals surface area contributed by atoms with Crippen molar-refractivity contribution in [1.82, 2.24) is 0 Å². The van der Waals surface area contributed by atoms with Crippen LogP contribution < -0.4 is 5.32 Å². The molecule has 0 aliphatic heterocycles. The molecule has 0 radical (unpaired) electrons. The molecule has 20 heavy (non-hydrogen) atoms. The molecule has 0 fully saturated rings. The fourth-order valence-corrected chi connectivity index (χ4v) is 2.23. The Morgan fingerprint density at radius 2 is 1.80 bits per heavy atom. The normalized spacial score (nSPS) is 12.9. The van der Waals surface area contributed by atoms with Gasteiger partial charge in [0, 0.05) is 17.3 Å². The number of rotatable bonds is 3. The summed E-state index contributed by atoms with van der Waals surface area (Å²) >= 11 is 5.19. The summed E-state index contributed by atoms with van der Waals surface area (Å²) in [6.45, 7) is 7.91. The molecular formula is C18H30ClN. The Morgan fingerprint density at radius 1 is 1.20 bits per heavy atom. The minimum atomic E-state index is 0. The first kappa shape index (κ1) is 19.1. The maximum Gasteiger partial charge on any atom is 0.0384 e. The molecule has 1 N–H and O–H groups in total. The summed E-state index contributed by atoms with van der Waals surface area (Å²) in [6, 6.07) is 6.72. The average Bonchev–Trinajstić information content (AvgIpc) is 2.63. The summed E-state index contributed by atoms with van der Waals surface area (Å²) in [5.74, 6) is 0.792. The van der Waals surface area contributed by atoms with Crippen molar-refractivity contribution < 1.29 is 0 Å². The number of allylic oxidation sites excluding steroid dienone is 1. The third-order valence-corrected chi connectivity index (χ3v) is 3.52. The van der Waals surface area contributed by atoms with Crippen LogP contribution in [-0.4, -0.2) is 5.88 Å². The lowest BCUT2D eigenvalue weighted by Crippen LogP contribution is -1.97. The van der Waals surface area contributed by atoms with Gasteiger partial charge in [0.15, 0.2) is 0 Å². The van der Waals surface area contributed by atoms with E-state index in [1.54, 1.807) is 5.56 Å². The van der Waals surface area contributed by atoms with Crippen molar-refractivity contribution in [2.45, 2.75) is 59.8 Å². The molecule has 2 heteroatoms. The lowest BCUT2D eigenvalue weighted by Gasteiger charge is -2.10. The first-order valence-electron chi connectivity index (χ1n) is 7.27. The van der Waals surface area contributed by atoms with E-state index < -0.39 is 0 Å². The van der Waals surface area contributed by atoms with Gasteiger partial charge in [0.2, 0.25) is 0 Å². The van der Waals surface area contributed by atoms with Gasteiger partial charge in [-0.15, -0.1) is 11.6 Å². The fraction of sp³-hybridized carbons (Fsp3) is 0.556. The molecule has 0 saturated heterocycles. The molecule has 1 nitrogen and oxygen atoms in total. The number of hydrogen-bond donors (Lipinski definition) is 1. The van der Waals surface area contributed by atoms with Crippen LogP contribution in [0, 0.1) is 0 Å². The standard InChI is InChI=1S/C14H19N.C3H7Cl.CH4/c1-11(2)15-14-9-8-12-6-4-3-5-7-13(12)10-14;1-2-3-4;/h8-10,15H,1,3-7H2,2H3;2-3H2,1H3;1H4. The second-order valence-corrected chi connectivity index (χ2v) is 5.52. The number of nitrogens with one attached hydrogen (secondary N) is 1. The Balaban J connectivity index is 0.000000644. The number of halogens is 1. The summed E-state index contributed by atoms with van der Waals surface area (Å²) in [4.78, 5) is 0. The average molecular weight is 296 g/mol. The van der Waals surface area contributed by atoms with Gasteiger partial charge in [-0.05, 0) is 62.3 Å². The summed E-state index contributed by atoms with van der Waals surface area (Å²) in [7, 11) is 0. The summed E-state index contributed by atoms with van der Waals surface area (Å²) in [5, 5.41) is 3.28. The van der Waals surface area contributed by atoms with Crippen LogP contribution in [0.25, 0.3) is 0 Å². The van der Waals surface area contributed by atoms with Crippen LogP contribution in [0.2, 0.25) is 0 Å². The maximum absolute atomic E-state index is 5.19. The van der Waals surface area contributed by atoms with Crippen molar-refractivity contribution in [1.29, 1.82) is 0 Å². The van der Waals surface area contributed by atoms with Gasteiger partial charge < -0.3 is 5.32 Å². The molecule has 0 atom stereocenters. The number of alkyl halides is 1. The van der Waals surface area contributed by atoms with E-state index in [1.165, 1.54) is 43.4 Å². The molecule has 1 aliphatic carbocycles. The SMILES string of the molecule is C.C=C(C)Nc1ccc2c(c1)CCCCC2.CCCCl. The number of hydrogen-bond acceptors (Lipinski definition) is 1. The van der Waals surface area contributed by atoms with E-state index in [4.69, 9.17) is 11.6 Å². The van der Waals surface area contributed by atoms with Crippen LogP contribution in [0.4, 0.5) is 5.69 Å². The zero-order valence-corrected chi connectivity index (χ0v) is 13.0. The predicted octanol–water partition coefficient (Wildman–Crippen LogP) is 6.17. The zero-order valence-electron chi connectivity index (χ0n) is 12.3. The largest absolute Gasteiger partial charge is 0.360 e. The summed E-state index contributed by atoms with van der Waals surface area (Å²) < 4.78 is 0. The maximum atomic E-state index is 5.19. The highest BCUT2D eigenvalue weighted by atomic mass is 35.5. The van der Waals surface area contributed by atoms with Gasteiger partial charge in [-0.2, -0.15) is 0 Å². The van der Waals surface area contributed by atoms with Gasteiger partial charge in [0.05, 0.1) is 0 Å². The molecule has 0 aromatic heterocycles. The quantitative estimate of drug-likeness (QED) is 0.519. The fourth-order valence-electron chi connectivity index (χ4n) is 2.23. The van der Waals surface area contributed by atoms with Crippen LogP contribution in [0.1, 0.15) is 58.1 Å². The number of benzene rings is 1. The molecular weight excluding hydrogens is 266 g/mol. The second-order valence-electron chi connectivity index (χ2n) is 5.14. The highest BCUT2D eigenvalue weighted by Crippen LogP contribution is 2.24. The van der Waals surface area contributed by atoms with E-state index >= 15 is 0 Å². The Kier molecular flexibility index (Phi) is 10.3. The van der Waals surface area contributed by atoms with Crippen molar-refractivity contribution in [2.24, 2.45) is 0 Å². The van der Waals surface area contributed by atoms with Crippen LogP contribution in [-0.2, 0) is 12.8 Å². The predicted molar refractivity (Wildman–Crippen MR) is 93.9 cm³/mol. The lowest BCUT2D eigenvalue weighted by atomic mass is 10.0. The van der Waals surface area contributed by atoms with E-state index in [1.807, 2.05) is 13.8 Å². The van der Waals surface area contributed by atoms with E-state index in [-0.39, 0.29) is 7.43 Å². The summed E-state index contributed by atoms with van der Waals surface area (Å²) in [6.07, 6.45) is 7.63. The van der Waals surface area contributed by atoms with Gasteiger partial charge in [-0.1, -0.05) is 33.4 Å². The third-order valence-electron chi connectivity index (χ3n) is 3.15. The monoisotopic (exact) mass is 295 g/mol. The van der Waals surface area contributed by atoms with Gasteiger partial charge in [0.1, 0.15) is 0 Å². The van der Waals surface area contributed by atoms with Crippen molar-refractivity contribution in [3.8, 4) is 0 Å². The van der Waals surface area contributed by atoms with Crippen LogP contribution in [0.3, 0.4) is 0 Å². The Bertz CT molecular complexity index is 396. The second kappa shape index (κ2) is 10.8. The molecule has 1 aromatic carbocycles. The Labute approximate surface area is 130 Å². The highest BCUT2D eigenvalue weighted by molar-refractivity contribution is 6.17. The minimum absolute atomic E-state index is 0. The molecule has 0 saturated carbocycles. The third kappa shape index (κ3) is 7.00. The topological polar surface area (TPSA) is 12.0 Å². The summed E-state index contributed by atoms with van der Waals surface area (Å²) in [5.41, 5.74) is 5.25. The molecule has 0 heterocycles. The molecule has 0 spiro atoms. The molecule has 1 aliphatic rings. The zero-order chi connectivity index (χ0) is 14.1. The first-order chi connectivity index (χ1) is 9.17. The van der Waals surface area contributed by atoms with E-state index in [0.717, 1.165) is 18.0 Å². The molecule has 2 rings (SSSR count). The van der Waals surface area contributed by atoms with Crippen molar-refractivity contribution >= 4 is 17.3 Å². The van der Waals surface area contributed by atoms with Crippen LogP contribution in [0.15, 0.2) is 30.5 Å². The molecule has 0 unspecified atom stereocenters. The Morgan fingerprint density at radius 3 is 2.35 bits per heavy atom.